The van der Waals surface area contributed by atoms with Crippen molar-refractivity contribution in [3.63, 3.8) is 0 Å². The van der Waals surface area contributed by atoms with Gasteiger partial charge in [0.05, 0.1) is 17.1 Å². The van der Waals surface area contributed by atoms with Gasteiger partial charge in [0.15, 0.2) is 0 Å². The Morgan fingerprint density at radius 1 is 1.22 bits per heavy atom. The van der Waals surface area contributed by atoms with E-state index in [2.05, 4.69) is 0 Å². The van der Waals surface area contributed by atoms with Crippen LogP contribution >= 0.6 is 0 Å². The maximum absolute atomic E-state index is 13.0. The molecule has 0 heterocycles. The van der Waals surface area contributed by atoms with Gasteiger partial charge < -0.3 is 17.7 Å². The van der Waals surface area contributed by atoms with E-state index in [-0.39, 0.29) is 57.8 Å². The minimum atomic E-state index is -5.41. The molecule has 0 aliphatic heterocycles. The maximum atomic E-state index is 13.0. The van der Waals surface area contributed by atoms with Gasteiger partial charge in [-0.2, -0.15) is 0 Å². The van der Waals surface area contributed by atoms with Gasteiger partial charge in [-0.15, -0.1) is 0 Å². The molecule has 1 saturated carbocycles. The molecule has 124 valence electrons. The van der Waals surface area contributed by atoms with Crippen LogP contribution in [0.15, 0.2) is 18.2 Å². The molecule has 23 heavy (non-hydrogen) atoms. The molecule has 1 aromatic carbocycles. The minimum absolute atomic E-state index is 0. The van der Waals surface area contributed by atoms with E-state index in [1.807, 2.05) is 0 Å². The van der Waals surface area contributed by atoms with Crippen molar-refractivity contribution in [1.82, 2.24) is 0 Å². The SMILES string of the molecule is CS(=O)(=O)C1CCCC(Oc2ccc(F)cc2[B-](F)(F)F)C1.[K+]. The normalized spacial score (nSPS) is 22.3. The second-order valence-electron chi connectivity index (χ2n) is 5.61. The van der Waals surface area contributed by atoms with Crippen LogP contribution < -0.4 is 61.6 Å². The summed E-state index contributed by atoms with van der Waals surface area (Å²) < 4.78 is 80.5. The van der Waals surface area contributed by atoms with Gasteiger partial charge in [0.1, 0.15) is 15.7 Å². The summed E-state index contributed by atoms with van der Waals surface area (Å²) >= 11 is 0. The first-order valence-electron chi connectivity index (χ1n) is 6.92. The third-order valence-corrected chi connectivity index (χ3v) is 5.44. The van der Waals surface area contributed by atoms with Crippen LogP contribution in [0.2, 0.25) is 0 Å². The van der Waals surface area contributed by atoms with Crippen LogP contribution in [-0.2, 0) is 9.84 Å². The van der Waals surface area contributed by atoms with Gasteiger partial charge in [0.2, 0.25) is 0 Å². The van der Waals surface area contributed by atoms with Crippen LogP contribution in [-0.4, -0.2) is 33.0 Å². The van der Waals surface area contributed by atoms with Crippen molar-refractivity contribution in [2.75, 3.05) is 6.26 Å². The van der Waals surface area contributed by atoms with Crippen LogP contribution in [0.25, 0.3) is 0 Å². The van der Waals surface area contributed by atoms with E-state index in [0.29, 0.717) is 25.3 Å². The molecular weight excluding hydrogens is 362 g/mol. The summed E-state index contributed by atoms with van der Waals surface area (Å²) in [5.74, 6) is -1.42. The topological polar surface area (TPSA) is 43.4 Å². The Labute approximate surface area is 175 Å². The summed E-state index contributed by atoms with van der Waals surface area (Å²) in [6.45, 7) is -5.41. The van der Waals surface area contributed by atoms with Gasteiger partial charge in [0, 0.05) is 12.7 Å². The van der Waals surface area contributed by atoms with Crippen LogP contribution in [0.3, 0.4) is 0 Å². The zero-order valence-electron chi connectivity index (χ0n) is 12.9. The minimum Gasteiger partial charge on any atom is -0.493 e. The van der Waals surface area contributed by atoms with Gasteiger partial charge in [-0.1, -0.05) is 5.46 Å². The van der Waals surface area contributed by atoms with Gasteiger partial charge in [-0.3, -0.25) is 0 Å². The number of rotatable bonds is 4. The number of hydrogen-bond donors (Lipinski definition) is 0. The van der Waals surface area contributed by atoms with Crippen LogP contribution in [0.1, 0.15) is 25.7 Å². The van der Waals surface area contributed by atoms with Gasteiger partial charge >= 0.3 is 58.4 Å². The fourth-order valence-electron chi connectivity index (χ4n) is 2.66. The summed E-state index contributed by atoms with van der Waals surface area (Å²) in [5.41, 5.74) is -1.12. The van der Waals surface area contributed by atoms with E-state index in [0.717, 1.165) is 18.4 Å². The van der Waals surface area contributed by atoms with Crippen molar-refractivity contribution >= 4 is 22.3 Å². The molecule has 2 atom stereocenters. The molecule has 0 bridgehead atoms. The Hall–Kier alpha value is 0.391. The summed E-state index contributed by atoms with van der Waals surface area (Å²) in [6.07, 6.45) is 2.18. The van der Waals surface area contributed by atoms with Gasteiger partial charge in [0.25, 0.3) is 0 Å². The third kappa shape index (κ3) is 6.00. The van der Waals surface area contributed by atoms with Crippen molar-refractivity contribution in [2.24, 2.45) is 0 Å². The van der Waals surface area contributed by atoms with E-state index in [4.69, 9.17) is 4.74 Å². The quantitative estimate of drug-likeness (QED) is 0.530. The zero-order chi connectivity index (χ0) is 16.5. The number of ether oxygens (including phenoxy) is 1. The molecule has 2 rings (SSSR count). The fourth-order valence-corrected chi connectivity index (χ4v) is 3.82. The molecule has 0 radical (unpaired) electrons. The van der Waals surface area contributed by atoms with E-state index in [1.165, 1.54) is 0 Å². The van der Waals surface area contributed by atoms with Crippen molar-refractivity contribution in [2.45, 2.75) is 37.0 Å². The Morgan fingerprint density at radius 3 is 2.43 bits per heavy atom. The van der Waals surface area contributed by atoms with Crippen LogP contribution in [0.5, 0.6) is 5.75 Å². The van der Waals surface area contributed by atoms with Gasteiger partial charge in [-0.05, 0) is 37.5 Å². The first-order chi connectivity index (χ1) is 10.1. The summed E-state index contributed by atoms with van der Waals surface area (Å²) in [4.78, 5) is 0. The van der Waals surface area contributed by atoms with Crippen LogP contribution in [0, 0.1) is 5.82 Å². The van der Waals surface area contributed by atoms with Gasteiger partial charge in [-0.25, -0.2) is 12.8 Å². The number of hydrogen-bond acceptors (Lipinski definition) is 3. The van der Waals surface area contributed by atoms with Crippen molar-refractivity contribution < 1.29 is 81.9 Å². The number of halogens is 4. The Balaban J connectivity index is 0.00000264. The third-order valence-electron chi connectivity index (χ3n) is 3.80. The van der Waals surface area contributed by atoms with E-state index < -0.39 is 45.2 Å². The average molecular weight is 378 g/mol. The Morgan fingerprint density at radius 2 is 1.87 bits per heavy atom. The molecule has 0 saturated heterocycles. The van der Waals surface area contributed by atoms with Crippen LogP contribution in [0.4, 0.5) is 17.3 Å². The number of benzene rings is 1. The predicted molar refractivity (Wildman–Crippen MR) is 76.6 cm³/mol. The second-order valence-corrected chi connectivity index (χ2v) is 7.94. The first kappa shape index (κ1) is 21.4. The van der Waals surface area contributed by atoms with Crippen molar-refractivity contribution in [1.29, 1.82) is 0 Å². The molecule has 0 aromatic heterocycles. The zero-order valence-corrected chi connectivity index (χ0v) is 16.9. The smallest absolute Gasteiger partial charge is 0.493 e. The Kier molecular flexibility index (Phi) is 7.62. The first-order valence-corrected chi connectivity index (χ1v) is 8.88. The summed E-state index contributed by atoms with van der Waals surface area (Å²) in [5, 5.41) is -0.605. The largest absolute Gasteiger partial charge is 1.00 e. The average Bonchev–Trinajstić information content (AvgIpc) is 2.39. The fraction of sp³-hybridized carbons (Fsp3) is 0.538. The standard InChI is InChI=1S/C13H16BF4O3S.K/c1-22(19,20)11-4-2-3-10(8-11)21-13-6-5-9(15)7-12(13)14(16,17)18;/h5-7,10-11H,2-4,8H2,1H3;/q-1;+1. The second kappa shape index (κ2) is 8.18. The molecule has 1 fully saturated rings. The van der Waals surface area contributed by atoms with Crippen molar-refractivity contribution in [3.05, 3.63) is 24.0 Å². The predicted octanol–water partition coefficient (Wildman–Crippen LogP) is -0.381. The molecule has 0 N–H and O–H groups in total. The molecule has 0 spiro atoms. The molecule has 1 aromatic rings. The van der Waals surface area contributed by atoms with E-state index in [1.54, 1.807) is 0 Å². The molecule has 0 amide bonds. The summed E-state index contributed by atoms with van der Waals surface area (Å²) in [7, 11) is -3.25. The number of sulfone groups is 1. The molecule has 1 aliphatic rings. The maximum Gasteiger partial charge on any atom is 1.00 e. The summed E-state index contributed by atoms with van der Waals surface area (Å²) in [6, 6.07) is 2.26. The molecule has 10 heteroatoms. The van der Waals surface area contributed by atoms with Crippen molar-refractivity contribution in [3.8, 4) is 5.75 Å². The molecule has 1 aliphatic carbocycles. The molecule has 2 unspecified atom stereocenters. The molecular formula is C13H16BF4KO3S. The monoisotopic (exact) mass is 378 g/mol. The van der Waals surface area contributed by atoms with E-state index in [9.17, 15) is 25.8 Å². The Bertz CT molecular complexity index is 651. The molecule has 3 nitrogen and oxygen atoms in total. The van der Waals surface area contributed by atoms with E-state index >= 15 is 0 Å².